The molecule has 0 aliphatic heterocycles. The van der Waals surface area contributed by atoms with E-state index in [0.717, 1.165) is 28.6 Å². The summed E-state index contributed by atoms with van der Waals surface area (Å²) in [6.45, 7) is 1.26. The van der Waals surface area contributed by atoms with Crippen molar-refractivity contribution in [2.24, 2.45) is 5.73 Å². The summed E-state index contributed by atoms with van der Waals surface area (Å²) in [5.41, 5.74) is 9.52. The molecule has 182 valence electrons. The maximum absolute atomic E-state index is 13.4. The average molecular weight is 483 g/mol. The molecule has 13 heteroatoms. The van der Waals surface area contributed by atoms with Crippen molar-refractivity contribution < 1.29 is 18.8 Å². The smallest absolute Gasteiger partial charge is 0.328 e. The van der Waals surface area contributed by atoms with Crippen LogP contribution < -0.4 is 33.3 Å². The van der Waals surface area contributed by atoms with Gasteiger partial charge in [-0.2, -0.15) is 0 Å². The Morgan fingerprint density at radius 1 is 1.20 bits per heavy atom. The van der Waals surface area contributed by atoms with Crippen LogP contribution in [0.15, 0.2) is 52.3 Å². The third-order valence-corrected chi connectivity index (χ3v) is 5.00. The van der Waals surface area contributed by atoms with Crippen LogP contribution >= 0.6 is 0 Å². The molecule has 0 saturated carbocycles. The molecule has 1 aromatic carbocycles. The molecule has 3 amide bonds. The topological polar surface area (TPSA) is 195 Å². The van der Waals surface area contributed by atoms with Gasteiger partial charge in [0.25, 0.3) is 17.4 Å². The predicted molar refractivity (Wildman–Crippen MR) is 123 cm³/mol. The number of halogens is 1. The number of aryl methyl sites for hydroxylation is 1. The van der Waals surface area contributed by atoms with E-state index in [4.69, 9.17) is 11.5 Å². The standard InChI is InChI=1S/C22H22FN7O5/c1-11-2-4-12(5-3-11)17(28-21(34)16-6-15(24)14(23)7-26-16)8-27-18(31)10-30-9-13(19(25)32)20(33)29-22(30)35/h2-7,9,17H,8,10H2,1H3,(H2,24,26)(H2,25,32)(H,27,31)(H,28,34)(H,29,33,35). The summed E-state index contributed by atoms with van der Waals surface area (Å²) in [6, 6.07) is 7.50. The maximum Gasteiger partial charge on any atom is 0.328 e. The zero-order chi connectivity index (χ0) is 25.7. The molecule has 3 rings (SSSR count). The minimum Gasteiger partial charge on any atom is -0.396 e. The van der Waals surface area contributed by atoms with Gasteiger partial charge in [0.2, 0.25) is 5.91 Å². The highest BCUT2D eigenvalue weighted by atomic mass is 19.1. The van der Waals surface area contributed by atoms with Crippen molar-refractivity contribution in [2.45, 2.75) is 19.5 Å². The second-order valence-corrected chi connectivity index (χ2v) is 7.63. The van der Waals surface area contributed by atoms with Gasteiger partial charge < -0.3 is 22.1 Å². The predicted octanol–water partition coefficient (Wildman–Crippen LogP) is -0.652. The number of H-pyrrole nitrogens is 1. The van der Waals surface area contributed by atoms with E-state index >= 15 is 0 Å². The lowest BCUT2D eigenvalue weighted by molar-refractivity contribution is -0.121. The number of nitrogens with two attached hydrogens (primary N) is 2. The number of hydrogen-bond acceptors (Lipinski definition) is 7. The molecule has 2 heterocycles. The number of nitrogens with zero attached hydrogens (tertiary/aromatic N) is 2. The van der Waals surface area contributed by atoms with Gasteiger partial charge in [-0.15, -0.1) is 0 Å². The van der Waals surface area contributed by atoms with E-state index in [1.807, 2.05) is 24.0 Å². The van der Waals surface area contributed by atoms with E-state index < -0.39 is 52.9 Å². The molecular weight excluding hydrogens is 461 g/mol. The molecule has 0 spiro atoms. The van der Waals surface area contributed by atoms with E-state index in [9.17, 15) is 28.4 Å². The third kappa shape index (κ3) is 6.16. The second-order valence-electron chi connectivity index (χ2n) is 7.63. The Hall–Kier alpha value is -4.81. The van der Waals surface area contributed by atoms with Crippen LogP contribution in [0.25, 0.3) is 0 Å². The number of hydrogen-bond donors (Lipinski definition) is 5. The first kappa shape index (κ1) is 24.8. The zero-order valence-electron chi connectivity index (χ0n) is 18.5. The van der Waals surface area contributed by atoms with Crippen LogP contribution in [0.2, 0.25) is 0 Å². The molecule has 35 heavy (non-hydrogen) atoms. The highest BCUT2D eigenvalue weighted by molar-refractivity contribution is 5.93. The SMILES string of the molecule is Cc1ccc(C(CNC(=O)Cn2cc(C(N)=O)c(=O)[nH]c2=O)NC(=O)c2cc(N)c(F)cn2)cc1. The van der Waals surface area contributed by atoms with Crippen molar-refractivity contribution in [2.75, 3.05) is 12.3 Å². The third-order valence-electron chi connectivity index (χ3n) is 5.00. The van der Waals surface area contributed by atoms with Crippen LogP contribution in [-0.4, -0.2) is 38.8 Å². The van der Waals surface area contributed by atoms with E-state index in [0.29, 0.717) is 5.56 Å². The van der Waals surface area contributed by atoms with Crippen molar-refractivity contribution >= 4 is 23.4 Å². The Bertz CT molecular complexity index is 1400. The lowest BCUT2D eigenvalue weighted by Crippen LogP contribution is -2.41. The minimum absolute atomic E-state index is 0.0922. The van der Waals surface area contributed by atoms with Gasteiger partial charge in [0, 0.05) is 12.7 Å². The molecule has 3 aromatic rings. The van der Waals surface area contributed by atoms with E-state index in [-0.39, 0.29) is 17.9 Å². The molecule has 2 aromatic heterocycles. The van der Waals surface area contributed by atoms with Gasteiger partial charge in [-0.05, 0) is 18.6 Å². The van der Waals surface area contributed by atoms with Crippen LogP contribution in [0, 0.1) is 12.7 Å². The summed E-state index contributed by atoms with van der Waals surface area (Å²) in [5.74, 6) is -3.12. The van der Waals surface area contributed by atoms with Crippen LogP contribution in [0.3, 0.4) is 0 Å². The Morgan fingerprint density at radius 2 is 1.89 bits per heavy atom. The van der Waals surface area contributed by atoms with Crippen molar-refractivity contribution in [3.8, 4) is 0 Å². The molecule has 0 aliphatic carbocycles. The lowest BCUT2D eigenvalue weighted by atomic mass is 10.0. The average Bonchev–Trinajstić information content (AvgIpc) is 2.80. The quantitative estimate of drug-likeness (QED) is 0.280. The first-order valence-corrected chi connectivity index (χ1v) is 10.2. The molecule has 0 radical (unpaired) electrons. The van der Waals surface area contributed by atoms with Crippen molar-refractivity contribution in [1.82, 2.24) is 25.2 Å². The highest BCUT2D eigenvalue weighted by Gasteiger charge is 2.19. The summed E-state index contributed by atoms with van der Waals surface area (Å²) in [4.78, 5) is 65.8. The fourth-order valence-corrected chi connectivity index (χ4v) is 3.09. The van der Waals surface area contributed by atoms with Gasteiger partial charge in [0.15, 0.2) is 5.82 Å². The molecule has 0 saturated heterocycles. The molecule has 0 fully saturated rings. The molecule has 0 aliphatic rings. The van der Waals surface area contributed by atoms with E-state index in [1.165, 1.54) is 0 Å². The van der Waals surface area contributed by atoms with E-state index in [2.05, 4.69) is 15.6 Å². The summed E-state index contributed by atoms with van der Waals surface area (Å²) >= 11 is 0. The number of nitrogens with one attached hydrogen (secondary N) is 3. The summed E-state index contributed by atoms with van der Waals surface area (Å²) < 4.78 is 14.2. The van der Waals surface area contributed by atoms with Crippen LogP contribution in [0.5, 0.6) is 0 Å². The molecule has 1 unspecified atom stereocenters. The number of amides is 3. The molecule has 1 atom stereocenters. The Balaban J connectivity index is 1.77. The number of primary amides is 1. The minimum atomic E-state index is -1.06. The van der Waals surface area contributed by atoms with Crippen molar-refractivity contribution in [1.29, 1.82) is 0 Å². The Labute approximate surface area is 197 Å². The van der Waals surface area contributed by atoms with Gasteiger partial charge in [-0.3, -0.25) is 28.7 Å². The van der Waals surface area contributed by atoms with Gasteiger partial charge in [-0.25, -0.2) is 14.2 Å². The molecular formula is C22H22FN7O5. The number of anilines is 1. The first-order valence-electron chi connectivity index (χ1n) is 10.2. The normalized spacial score (nSPS) is 11.5. The first-order chi connectivity index (χ1) is 16.5. The monoisotopic (exact) mass is 483 g/mol. The van der Waals surface area contributed by atoms with Crippen LogP contribution in [0.1, 0.15) is 38.0 Å². The zero-order valence-corrected chi connectivity index (χ0v) is 18.5. The van der Waals surface area contributed by atoms with Gasteiger partial charge in [-0.1, -0.05) is 29.8 Å². The summed E-state index contributed by atoms with van der Waals surface area (Å²) in [7, 11) is 0. The summed E-state index contributed by atoms with van der Waals surface area (Å²) in [5, 5.41) is 5.29. The van der Waals surface area contributed by atoms with E-state index in [1.54, 1.807) is 12.1 Å². The number of aromatic nitrogens is 3. The maximum atomic E-state index is 13.4. The summed E-state index contributed by atoms with van der Waals surface area (Å²) in [6.07, 6.45) is 1.72. The molecule has 0 bridgehead atoms. The highest BCUT2D eigenvalue weighted by Crippen LogP contribution is 2.15. The largest absolute Gasteiger partial charge is 0.396 e. The van der Waals surface area contributed by atoms with Gasteiger partial charge in [0.1, 0.15) is 17.8 Å². The molecule has 12 nitrogen and oxygen atoms in total. The number of nitrogen functional groups attached to an aromatic ring is 1. The van der Waals surface area contributed by atoms with Crippen molar-refractivity contribution in [3.05, 3.63) is 91.8 Å². The van der Waals surface area contributed by atoms with Crippen molar-refractivity contribution in [3.63, 3.8) is 0 Å². The fraction of sp³-hybridized carbons (Fsp3) is 0.182. The fourth-order valence-electron chi connectivity index (χ4n) is 3.09. The van der Waals surface area contributed by atoms with Crippen LogP contribution in [-0.2, 0) is 11.3 Å². The second kappa shape index (κ2) is 10.4. The number of carbonyl (C=O) groups is 3. The number of pyridine rings is 1. The Morgan fingerprint density at radius 3 is 2.51 bits per heavy atom. The number of rotatable bonds is 8. The Kier molecular flexibility index (Phi) is 7.39. The van der Waals surface area contributed by atoms with Gasteiger partial charge >= 0.3 is 5.69 Å². The van der Waals surface area contributed by atoms with Crippen LogP contribution in [0.4, 0.5) is 10.1 Å². The number of carbonyl (C=O) groups excluding carboxylic acids is 3. The number of aromatic amines is 1. The lowest BCUT2D eigenvalue weighted by Gasteiger charge is -2.20. The van der Waals surface area contributed by atoms with Gasteiger partial charge in [0.05, 0.1) is 17.9 Å². The molecule has 7 N–H and O–H groups in total. The number of benzene rings is 1.